The molecule has 0 aromatic heterocycles. The Hall–Kier alpha value is -1.14. The van der Waals surface area contributed by atoms with Gasteiger partial charge in [0.25, 0.3) is 0 Å². The highest BCUT2D eigenvalue weighted by atomic mass is 19.4. The fourth-order valence-corrected chi connectivity index (χ4v) is 1.90. The van der Waals surface area contributed by atoms with Crippen molar-refractivity contribution in [2.24, 2.45) is 0 Å². The molecule has 94 valence electrons. The zero-order chi connectivity index (χ0) is 12.9. The molecule has 1 aliphatic rings. The second-order valence-corrected chi connectivity index (χ2v) is 4.28. The molecule has 7 heteroatoms. The summed E-state index contributed by atoms with van der Waals surface area (Å²) < 4.78 is 75.6. The van der Waals surface area contributed by atoms with Crippen LogP contribution in [0.25, 0.3) is 0 Å². The number of rotatable bonds is 2. The Morgan fingerprint density at radius 2 is 1.65 bits per heavy atom. The van der Waals surface area contributed by atoms with Crippen LogP contribution in [-0.4, -0.2) is 13.2 Å². The van der Waals surface area contributed by atoms with E-state index >= 15 is 0 Å². The molecule has 0 bridgehead atoms. The van der Waals surface area contributed by atoms with Gasteiger partial charge in [0.05, 0.1) is 5.41 Å². The lowest BCUT2D eigenvalue weighted by atomic mass is 9.78. The van der Waals surface area contributed by atoms with E-state index < -0.39 is 24.0 Å². The Labute approximate surface area is 93.7 Å². The van der Waals surface area contributed by atoms with E-state index in [1.165, 1.54) is 0 Å². The van der Waals surface area contributed by atoms with Gasteiger partial charge in [-0.2, -0.15) is 13.2 Å². The fraction of sp³-hybridized carbons (Fsp3) is 0.400. The highest BCUT2D eigenvalue weighted by Crippen LogP contribution is 2.58. The molecule has 1 aliphatic carbocycles. The van der Waals surface area contributed by atoms with Gasteiger partial charge < -0.3 is 12.9 Å². The molecule has 0 heterocycles. The van der Waals surface area contributed by atoms with E-state index in [0.717, 1.165) is 18.2 Å². The lowest BCUT2D eigenvalue weighted by Crippen LogP contribution is -2.36. The van der Waals surface area contributed by atoms with Crippen molar-refractivity contribution in [1.82, 2.24) is 0 Å². The second-order valence-electron chi connectivity index (χ2n) is 4.28. The van der Waals surface area contributed by atoms with E-state index in [1.54, 1.807) is 0 Å². The molecule has 1 aromatic carbocycles. The van der Waals surface area contributed by atoms with Gasteiger partial charge in [0.1, 0.15) is 0 Å². The Kier molecular flexibility index (Phi) is 2.49. The molecule has 0 spiro atoms. The minimum absolute atomic E-state index is 0.134. The smallest absolute Gasteiger partial charge is 0.445 e. The molecule has 17 heavy (non-hydrogen) atoms. The number of benzene rings is 1. The first-order chi connectivity index (χ1) is 7.67. The lowest BCUT2D eigenvalue weighted by molar-refractivity contribution is -0.160. The third-order valence-electron chi connectivity index (χ3n) is 3.11. The number of hydrogen-bond donors (Lipinski definition) is 0. The third kappa shape index (κ3) is 2.02. The van der Waals surface area contributed by atoms with Crippen molar-refractivity contribution in [2.75, 3.05) is 0 Å². The van der Waals surface area contributed by atoms with E-state index in [9.17, 15) is 26.1 Å². The molecule has 0 N–H and O–H groups in total. The van der Waals surface area contributed by atoms with Crippen LogP contribution in [0.15, 0.2) is 24.3 Å². The van der Waals surface area contributed by atoms with Gasteiger partial charge in [0.15, 0.2) is 0 Å². The van der Waals surface area contributed by atoms with Gasteiger partial charge in [-0.1, -0.05) is 24.3 Å². The van der Waals surface area contributed by atoms with E-state index in [1.807, 2.05) is 0 Å². The van der Waals surface area contributed by atoms with Crippen LogP contribution >= 0.6 is 0 Å². The molecule has 1 aromatic rings. The molecule has 0 aliphatic heterocycles. The van der Waals surface area contributed by atoms with Crippen molar-refractivity contribution < 1.29 is 26.1 Å². The first-order valence-electron chi connectivity index (χ1n) is 5.04. The number of alkyl halides is 3. The highest BCUT2D eigenvalue weighted by Gasteiger charge is 2.64. The van der Waals surface area contributed by atoms with Crippen molar-refractivity contribution in [1.29, 1.82) is 0 Å². The Morgan fingerprint density at radius 3 is 2.06 bits per heavy atom. The van der Waals surface area contributed by atoms with Crippen LogP contribution in [0.3, 0.4) is 0 Å². The highest BCUT2D eigenvalue weighted by molar-refractivity contribution is 6.73. The maximum absolute atomic E-state index is 12.7. The van der Waals surface area contributed by atoms with Crippen LogP contribution in [0.4, 0.5) is 26.1 Å². The van der Waals surface area contributed by atoms with E-state index in [0.29, 0.717) is 6.07 Å². The average molecular weight is 253 g/mol. The molecular weight excluding hydrogens is 245 g/mol. The largest absolute Gasteiger partial charge is 0.509 e. The monoisotopic (exact) mass is 253 g/mol. The van der Waals surface area contributed by atoms with Crippen molar-refractivity contribution in [3.05, 3.63) is 29.8 Å². The molecule has 0 nitrogen and oxygen atoms in total. The Balaban J connectivity index is 2.42. The summed E-state index contributed by atoms with van der Waals surface area (Å²) in [6, 6.07) is 3.58. The van der Waals surface area contributed by atoms with Gasteiger partial charge in [0, 0.05) is 0 Å². The van der Waals surface area contributed by atoms with Crippen LogP contribution in [0.2, 0.25) is 0 Å². The molecular formula is C10H8BF6-. The molecule has 1 saturated carbocycles. The standard InChI is InChI=1S/C10H8BF6/c12-10(13,14)9(4-5-9)7-2-1-3-8(6-7)11(15,16)17/h1-3,6H,4-5H2/q-1. The van der Waals surface area contributed by atoms with Gasteiger partial charge in [0.2, 0.25) is 0 Å². The van der Waals surface area contributed by atoms with Crippen molar-refractivity contribution >= 4 is 12.4 Å². The summed E-state index contributed by atoms with van der Waals surface area (Å²) in [6.45, 7) is -5.26. The van der Waals surface area contributed by atoms with Gasteiger partial charge in [-0.15, -0.1) is 5.46 Å². The second kappa shape index (κ2) is 3.43. The van der Waals surface area contributed by atoms with Crippen LogP contribution < -0.4 is 5.46 Å². The van der Waals surface area contributed by atoms with Gasteiger partial charge in [-0.25, -0.2) is 0 Å². The SMILES string of the molecule is F[B-](F)(F)c1cccc(C2(C(F)(F)F)CC2)c1. The topological polar surface area (TPSA) is 0 Å². The summed E-state index contributed by atoms with van der Waals surface area (Å²) in [5.41, 5.74) is -3.30. The van der Waals surface area contributed by atoms with E-state index in [2.05, 4.69) is 0 Å². The quantitative estimate of drug-likeness (QED) is 0.560. The summed E-state index contributed by atoms with van der Waals surface area (Å²) in [5.74, 6) is 0. The predicted octanol–water partition coefficient (Wildman–Crippen LogP) is 3.33. The summed E-state index contributed by atoms with van der Waals surface area (Å²) in [7, 11) is 0. The molecule has 0 unspecified atom stereocenters. The molecule has 2 rings (SSSR count). The zero-order valence-electron chi connectivity index (χ0n) is 8.57. The summed E-state index contributed by atoms with van der Waals surface area (Å²) in [6.07, 6.45) is -4.75. The summed E-state index contributed by atoms with van der Waals surface area (Å²) in [4.78, 5) is 0. The van der Waals surface area contributed by atoms with Crippen molar-refractivity contribution in [2.45, 2.75) is 24.4 Å². The third-order valence-corrected chi connectivity index (χ3v) is 3.11. The van der Waals surface area contributed by atoms with Crippen LogP contribution in [-0.2, 0) is 5.41 Å². The summed E-state index contributed by atoms with van der Waals surface area (Å²) >= 11 is 0. The van der Waals surface area contributed by atoms with Crippen molar-refractivity contribution in [3.63, 3.8) is 0 Å². The predicted molar refractivity (Wildman–Crippen MR) is 52.1 cm³/mol. The Bertz CT molecular complexity index is 429. The minimum Gasteiger partial charge on any atom is -0.445 e. The number of hydrogen-bond acceptors (Lipinski definition) is 0. The van der Waals surface area contributed by atoms with Crippen LogP contribution in [0, 0.1) is 0 Å². The van der Waals surface area contributed by atoms with Gasteiger partial charge in [-0.3, -0.25) is 0 Å². The van der Waals surface area contributed by atoms with E-state index in [4.69, 9.17) is 0 Å². The fourth-order valence-electron chi connectivity index (χ4n) is 1.90. The molecule has 0 saturated heterocycles. The summed E-state index contributed by atoms with van der Waals surface area (Å²) in [5, 5.41) is 0. The molecule has 0 atom stereocenters. The normalized spacial score (nSPS) is 19.2. The molecule has 0 radical (unpaired) electrons. The maximum atomic E-state index is 12.7. The van der Waals surface area contributed by atoms with Crippen LogP contribution in [0.1, 0.15) is 18.4 Å². The van der Waals surface area contributed by atoms with E-state index in [-0.39, 0.29) is 18.4 Å². The molecule has 0 amide bonds. The first kappa shape index (κ1) is 12.3. The minimum atomic E-state index is -5.26. The lowest BCUT2D eigenvalue weighted by Gasteiger charge is -2.22. The van der Waals surface area contributed by atoms with Crippen molar-refractivity contribution in [3.8, 4) is 0 Å². The Morgan fingerprint density at radius 1 is 1.06 bits per heavy atom. The number of halogens is 6. The maximum Gasteiger partial charge on any atom is 0.509 e. The zero-order valence-corrected chi connectivity index (χ0v) is 8.57. The van der Waals surface area contributed by atoms with Crippen LogP contribution in [0.5, 0.6) is 0 Å². The van der Waals surface area contributed by atoms with Gasteiger partial charge >= 0.3 is 13.2 Å². The molecule has 1 fully saturated rings. The first-order valence-corrected chi connectivity index (χ1v) is 5.04. The average Bonchev–Trinajstić information content (AvgIpc) is 2.96. The van der Waals surface area contributed by atoms with Gasteiger partial charge in [-0.05, 0) is 18.4 Å².